The number of unbranched alkanes of at least 4 members (excludes halogenated alkanes) is 12. The summed E-state index contributed by atoms with van der Waals surface area (Å²) in [6, 6.07) is 4.72. The third-order valence-electron chi connectivity index (χ3n) is 9.82. The molecule has 0 radical (unpaired) electrons. The first-order valence-corrected chi connectivity index (χ1v) is 19.8. The molecule has 0 bridgehead atoms. The van der Waals surface area contributed by atoms with Crippen LogP contribution in [0, 0.1) is 5.92 Å². The third kappa shape index (κ3) is 10.6. The fourth-order valence-corrected chi connectivity index (χ4v) is 8.19. The topological polar surface area (TPSA) is 26.2 Å². The molecule has 252 valence electrons. The van der Waals surface area contributed by atoms with Crippen LogP contribution in [-0.2, 0) is 11.4 Å². The van der Waals surface area contributed by atoms with E-state index in [1.54, 1.807) is 0 Å². The lowest BCUT2D eigenvalue weighted by Gasteiger charge is -2.21. The minimum atomic E-state index is 0.560. The zero-order chi connectivity index (χ0) is 32.7. The second kappa shape index (κ2) is 19.9. The molecule has 1 aromatic heterocycles. The van der Waals surface area contributed by atoms with Gasteiger partial charge in [0.05, 0.1) is 12.3 Å². The highest BCUT2D eigenvalue weighted by Crippen LogP contribution is 2.35. The monoisotopic (exact) mass is 752 g/mol. The Hall–Kier alpha value is -1.82. The molecule has 1 atom stereocenters. The summed E-state index contributed by atoms with van der Waals surface area (Å²) < 4.78 is 4.92. The molecule has 0 amide bonds. The predicted molar refractivity (Wildman–Crippen MR) is 210 cm³/mol. The SMILES string of the molecule is C=C/C=C(/Br)CC1=c2cc3c(cc2NOC1)c(C1=CC=C(Br)C1)c(=C)n3CC(CCCCCCCC)CCCCCCCCCC. The van der Waals surface area contributed by atoms with Crippen LogP contribution in [-0.4, -0.2) is 11.2 Å². The number of nitrogens with one attached hydrogen (secondary N) is 1. The van der Waals surface area contributed by atoms with Crippen LogP contribution in [0.1, 0.15) is 135 Å². The van der Waals surface area contributed by atoms with Gasteiger partial charge in [0.25, 0.3) is 0 Å². The van der Waals surface area contributed by atoms with Crippen LogP contribution < -0.4 is 16.0 Å². The molecule has 2 aliphatic rings. The maximum atomic E-state index is 5.88. The molecule has 4 rings (SSSR count). The second-order valence-corrected chi connectivity index (χ2v) is 15.6. The van der Waals surface area contributed by atoms with Crippen molar-refractivity contribution in [3.63, 3.8) is 0 Å². The van der Waals surface area contributed by atoms with E-state index in [-0.39, 0.29) is 0 Å². The normalized spacial score (nSPS) is 15.6. The molecule has 1 N–H and O–H groups in total. The fourth-order valence-electron chi connectivity index (χ4n) is 7.23. The molecule has 3 nitrogen and oxygen atoms in total. The Bertz CT molecular complexity index is 1490. The lowest BCUT2D eigenvalue weighted by Crippen LogP contribution is -2.25. The van der Waals surface area contributed by atoms with Gasteiger partial charge in [0.2, 0.25) is 0 Å². The number of anilines is 1. The number of benzene rings is 1. The highest BCUT2D eigenvalue weighted by Gasteiger charge is 2.22. The van der Waals surface area contributed by atoms with Gasteiger partial charge in [-0.3, -0.25) is 10.3 Å². The molecule has 46 heavy (non-hydrogen) atoms. The van der Waals surface area contributed by atoms with E-state index in [0.29, 0.717) is 12.5 Å². The molecule has 1 unspecified atom stereocenters. The highest BCUT2D eigenvalue weighted by atomic mass is 79.9. The van der Waals surface area contributed by atoms with E-state index in [1.807, 2.05) is 12.2 Å². The van der Waals surface area contributed by atoms with E-state index >= 15 is 0 Å². The minimum Gasteiger partial charge on any atom is -0.341 e. The van der Waals surface area contributed by atoms with Crippen molar-refractivity contribution in [1.29, 1.82) is 0 Å². The number of hydrogen-bond acceptors (Lipinski definition) is 2. The number of allylic oxidation sites excluding steroid dienone is 7. The molecule has 0 fully saturated rings. The van der Waals surface area contributed by atoms with Gasteiger partial charge in [-0.15, -0.1) is 0 Å². The van der Waals surface area contributed by atoms with Crippen LogP contribution in [0.25, 0.3) is 28.6 Å². The number of fused-ring (bicyclic) bond motifs is 2. The summed E-state index contributed by atoms with van der Waals surface area (Å²) in [5.41, 5.74) is 9.49. The molecule has 0 spiro atoms. The summed E-state index contributed by atoms with van der Waals surface area (Å²) in [5.74, 6) is 0.670. The van der Waals surface area contributed by atoms with Crippen molar-refractivity contribution >= 4 is 66.2 Å². The molecular weight excluding hydrogens is 696 g/mol. The summed E-state index contributed by atoms with van der Waals surface area (Å²) in [7, 11) is 0. The first-order chi connectivity index (χ1) is 22.5. The third-order valence-corrected chi connectivity index (χ3v) is 10.9. The summed E-state index contributed by atoms with van der Waals surface area (Å²) in [6.07, 6.45) is 31.8. The van der Waals surface area contributed by atoms with Gasteiger partial charge in [0.15, 0.2) is 0 Å². The molecule has 5 heteroatoms. The van der Waals surface area contributed by atoms with Crippen molar-refractivity contribution in [2.24, 2.45) is 5.92 Å². The van der Waals surface area contributed by atoms with Crippen LogP contribution in [0.2, 0.25) is 0 Å². The van der Waals surface area contributed by atoms with Crippen LogP contribution in [0.5, 0.6) is 0 Å². The molecular formula is C41H58Br2N2O. The smallest absolute Gasteiger partial charge is 0.0969 e. The highest BCUT2D eigenvalue weighted by molar-refractivity contribution is 9.12. The maximum Gasteiger partial charge on any atom is 0.0969 e. The molecule has 0 saturated carbocycles. The quantitative estimate of drug-likeness (QED) is 0.0957. The number of hydrogen-bond donors (Lipinski definition) is 1. The van der Waals surface area contributed by atoms with Crippen molar-refractivity contribution < 1.29 is 4.84 Å². The fraction of sp³-hybridized carbons (Fsp3) is 0.561. The van der Waals surface area contributed by atoms with E-state index in [2.05, 4.69) is 86.6 Å². The largest absolute Gasteiger partial charge is 0.341 e. The summed E-state index contributed by atoms with van der Waals surface area (Å²) in [5, 5.41) is 3.67. The van der Waals surface area contributed by atoms with E-state index in [4.69, 9.17) is 11.4 Å². The Morgan fingerprint density at radius 2 is 1.57 bits per heavy atom. The van der Waals surface area contributed by atoms with Crippen molar-refractivity contribution in [3.8, 4) is 0 Å². The molecule has 1 aliphatic carbocycles. The van der Waals surface area contributed by atoms with Crippen LogP contribution >= 0.6 is 31.9 Å². The summed E-state index contributed by atoms with van der Waals surface area (Å²) in [6.45, 7) is 14.9. The lowest BCUT2D eigenvalue weighted by molar-refractivity contribution is 0.226. The standard InChI is InChI=1S/C41H58Br2N2O/c1-5-8-10-12-14-15-17-19-22-32(21-18-16-13-11-9-6-2)29-45-31(4)41(33-23-24-36(43)25-33)38-27-39-37(28-40(38)45)34(30-46-44-39)26-35(42)20-7-3/h7,20,23-24,27-28,32,44H,3-6,8-19,21-22,25-26,29-30H2,1-2H3/b35-20+. The average Bonchev–Trinajstić information content (AvgIpc) is 3.58. The van der Waals surface area contributed by atoms with Crippen molar-refractivity contribution in [2.75, 3.05) is 12.1 Å². The first kappa shape index (κ1) is 37.0. The number of aromatic nitrogens is 1. The number of rotatable bonds is 22. The molecule has 2 aromatic rings. The van der Waals surface area contributed by atoms with E-state index in [0.717, 1.165) is 34.9 Å². The van der Waals surface area contributed by atoms with Gasteiger partial charge in [0, 0.05) is 46.4 Å². The van der Waals surface area contributed by atoms with Gasteiger partial charge < -0.3 is 4.57 Å². The zero-order valence-corrected chi connectivity index (χ0v) is 31.9. The minimum absolute atomic E-state index is 0.560. The molecule has 2 heterocycles. The maximum absolute atomic E-state index is 5.88. The van der Waals surface area contributed by atoms with E-state index in [1.165, 1.54) is 140 Å². The average molecular weight is 755 g/mol. The Morgan fingerprint density at radius 3 is 2.15 bits per heavy atom. The van der Waals surface area contributed by atoms with Gasteiger partial charge in [-0.05, 0) is 51.0 Å². The van der Waals surface area contributed by atoms with Crippen LogP contribution in [0.4, 0.5) is 5.69 Å². The van der Waals surface area contributed by atoms with Crippen LogP contribution in [0.3, 0.4) is 0 Å². The Kier molecular flexibility index (Phi) is 16.0. The summed E-state index contributed by atoms with van der Waals surface area (Å²) in [4.78, 5) is 5.88. The lowest BCUT2D eigenvalue weighted by atomic mass is 9.93. The Balaban J connectivity index is 1.64. The zero-order valence-electron chi connectivity index (χ0n) is 28.7. The Morgan fingerprint density at radius 1 is 0.935 bits per heavy atom. The molecule has 0 saturated heterocycles. The van der Waals surface area contributed by atoms with Gasteiger partial charge in [-0.1, -0.05) is 173 Å². The summed E-state index contributed by atoms with van der Waals surface area (Å²) >= 11 is 7.50. The van der Waals surface area contributed by atoms with Gasteiger partial charge in [0.1, 0.15) is 0 Å². The molecule has 1 aliphatic heterocycles. The van der Waals surface area contributed by atoms with Crippen molar-refractivity contribution in [2.45, 2.75) is 136 Å². The van der Waals surface area contributed by atoms with E-state index in [9.17, 15) is 0 Å². The Labute approximate surface area is 296 Å². The van der Waals surface area contributed by atoms with E-state index < -0.39 is 0 Å². The van der Waals surface area contributed by atoms with Gasteiger partial charge in [-0.25, -0.2) is 0 Å². The number of nitrogens with zero attached hydrogens (tertiary/aromatic N) is 1. The van der Waals surface area contributed by atoms with Gasteiger partial charge >= 0.3 is 0 Å². The van der Waals surface area contributed by atoms with Crippen molar-refractivity contribution in [3.05, 3.63) is 68.1 Å². The van der Waals surface area contributed by atoms with Gasteiger partial charge in [-0.2, -0.15) is 0 Å². The second-order valence-electron chi connectivity index (χ2n) is 13.5. The predicted octanol–water partition coefficient (Wildman–Crippen LogP) is 12.4. The van der Waals surface area contributed by atoms with Crippen molar-refractivity contribution in [1.82, 2.24) is 4.57 Å². The van der Waals surface area contributed by atoms with Crippen LogP contribution in [0.15, 0.2) is 52.0 Å². The first-order valence-electron chi connectivity index (χ1n) is 18.2. The molecule has 1 aromatic carbocycles. The number of halogens is 2.